The number of fused-ring (bicyclic) bond motifs is 3. The number of aliphatic imine (C=N–C) groups is 2. The summed E-state index contributed by atoms with van der Waals surface area (Å²) in [6, 6.07) is 42.1. The van der Waals surface area contributed by atoms with Crippen LogP contribution in [0.15, 0.2) is 174 Å². The van der Waals surface area contributed by atoms with Gasteiger partial charge < -0.3 is 49.1 Å². The number of aliphatic hydroxyl groups is 2. The molecule has 0 aliphatic heterocycles. The molecule has 3 amide bonds. The maximum absolute atomic E-state index is 12.7. The van der Waals surface area contributed by atoms with Crippen molar-refractivity contribution < 1.29 is 24.6 Å². The Hall–Kier alpha value is -8.42. The van der Waals surface area contributed by atoms with Gasteiger partial charge in [-0.2, -0.15) is 9.98 Å². The maximum Gasteiger partial charge on any atom is 0.251 e. The van der Waals surface area contributed by atoms with Gasteiger partial charge in [0.05, 0.1) is 27.2 Å². The van der Waals surface area contributed by atoms with Crippen LogP contribution in [0.3, 0.4) is 0 Å². The van der Waals surface area contributed by atoms with Crippen LogP contribution in [-0.2, 0) is 0 Å². The molecular weight excluding hydrogens is 1060 g/mol. The number of guanidine groups is 2. The molecule has 0 aliphatic carbocycles. The Morgan fingerprint density at radius 2 is 0.792 bits per heavy atom. The lowest BCUT2D eigenvalue weighted by Crippen LogP contribution is -2.36. The van der Waals surface area contributed by atoms with Crippen LogP contribution in [0.25, 0.3) is 32.3 Å². The van der Waals surface area contributed by atoms with E-state index in [4.69, 9.17) is 69.3 Å². The molecule has 0 radical (unpaired) electrons. The number of rotatable bonds is 12. The molecule has 0 unspecified atom stereocenters. The van der Waals surface area contributed by atoms with Crippen molar-refractivity contribution in [3.05, 3.63) is 218 Å². The molecule has 0 saturated carbocycles. The monoisotopic (exact) mass is 1110 g/mol. The minimum atomic E-state index is -1.78. The van der Waals surface area contributed by atoms with E-state index >= 15 is 0 Å². The van der Waals surface area contributed by atoms with Gasteiger partial charge in [-0.3, -0.25) is 14.4 Å². The molecule has 3 aromatic heterocycles. The largest absolute Gasteiger partial charge is 0.370 e. The fourth-order valence-electron chi connectivity index (χ4n) is 7.84. The molecule has 9 rings (SSSR count). The van der Waals surface area contributed by atoms with E-state index in [1.165, 1.54) is 24.7 Å². The summed E-state index contributed by atoms with van der Waals surface area (Å²) in [6.45, 7) is 3.87. The number of aliphatic hydroxyl groups excluding tert-OH is 1. The van der Waals surface area contributed by atoms with E-state index in [0.29, 0.717) is 69.7 Å². The molecule has 9 aromatic rings. The standard InChI is InChI=1S/C19H18ClN5O3.C19H18ClN5O.C18H14Cl2N2O/c20-14-9-23-16(25-19(21)22)13-8-11(6-7-12(13)14)17(26)24-15(18(27)28)10-4-2-1-3-5-10;1-11(12-5-3-2-4-6-12)24-18(26)13-7-8-14-15(9-13)17(25-19(21)22)23-10-16(14)20;1-11(12-5-3-2-4-6-12)22-18(23)13-7-8-14-15(9-13)17(20)21-10-16(14)19/h1-9,15,18,27-28H,(H,24,26)(H4,21,22,23,25);2-11H,1H3,(H,24,26)(H4,21,22,23,25);2-11H,1H3,(H,22,23)/t15-;2*11-/m011/s1. The van der Waals surface area contributed by atoms with Gasteiger partial charge in [0.25, 0.3) is 17.7 Å². The van der Waals surface area contributed by atoms with Crippen molar-refractivity contribution in [3.63, 3.8) is 0 Å². The topological polar surface area (TPSA) is 295 Å². The van der Waals surface area contributed by atoms with Crippen LogP contribution in [0.2, 0.25) is 20.2 Å². The van der Waals surface area contributed by atoms with E-state index in [2.05, 4.69) is 40.9 Å². The van der Waals surface area contributed by atoms with Crippen LogP contribution in [0.4, 0.5) is 11.6 Å². The van der Waals surface area contributed by atoms with Gasteiger partial charge in [0.1, 0.15) is 11.2 Å². The number of aromatic nitrogens is 3. The molecule has 0 saturated heterocycles. The number of nitrogens with two attached hydrogens (primary N) is 4. The lowest BCUT2D eigenvalue weighted by atomic mass is 10.0. The van der Waals surface area contributed by atoms with Crippen LogP contribution in [0.1, 0.15) is 79.7 Å². The fraction of sp³-hybridized carbons (Fsp3) is 0.107. The molecule has 0 bridgehead atoms. The number of hydrogen-bond acceptors (Lipinski definition) is 10. The molecule has 3 atom stereocenters. The average Bonchev–Trinajstić information content (AvgIpc) is 3.43. The lowest BCUT2D eigenvalue weighted by Gasteiger charge is -2.21. The van der Waals surface area contributed by atoms with Gasteiger partial charge in [-0.05, 0) is 66.9 Å². The van der Waals surface area contributed by atoms with Crippen LogP contribution in [-0.4, -0.2) is 61.1 Å². The first-order valence-corrected chi connectivity index (χ1v) is 24.9. The number of pyridine rings is 3. The minimum absolute atomic E-state index is 0.0904. The second kappa shape index (κ2) is 25.9. The highest BCUT2D eigenvalue weighted by atomic mass is 35.5. The number of benzene rings is 6. The van der Waals surface area contributed by atoms with Crippen molar-refractivity contribution in [1.82, 2.24) is 30.9 Å². The summed E-state index contributed by atoms with van der Waals surface area (Å²) in [5.74, 6) is -0.657. The van der Waals surface area contributed by atoms with E-state index in [9.17, 15) is 24.6 Å². The van der Waals surface area contributed by atoms with Gasteiger partial charge in [0.2, 0.25) is 0 Å². The molecule has 17 nitrogen and oxygen atoms in total. The SMILES string of the molecule is C[C@@H](NC(=O)c1ccc2c(Cl)cnc(Cl)c2c1)c1ccccc1.C[C@@H](NC(=O)c1ccc2c(Cl)cnc(N=C(N)N)c2c1)c1ccccc1.NC(N)=Nc1ncc(Cl)c2ccc(C(=O)N[C@@H](c3ccccc3)C(O)O)cc12. The Morgan fingerprint density at radius 3 is 1.17 bits per heavy atom. The first-order valence-electron chi connectivity index (χ1n) is 23.4. The van der Waals surface area contributed by atoms with Crippen LogP contribution >= 0.6 is 46.4 Å². The first kappa shape index (κ1) is 56.3. The highest BCUT2D eigenvalue weighted by Gasteiger charge is 2.23. The quantitative estimate of drug-likeness (QED) is 0.0239. The zero-order valence-electron chi connectivity index (χ0n) is 41.1. The van der Waals surface area contributed by atoms with Crippen molar-refractivity contribution in [2.75, 3.05) is 0 Å². The Labute approximate surface area is 462 Å². The summed E-state index contributed by atoms with van der Waals surface area (Å²) in [4.78, 5) is 58.0. The molecular formula is C56H50Cl4N12O5. The third-order valence-electron chi connectivity index (χ3n) is 11.7. The summed E-state index contributed by atoms with van der Waals surface area (Å²) < 4.78 is 0. The molecule has 21 heteroatoms. The molecule has 6 aromatic carbocycles. The summed E-state index contributed by atoms with van der Waals surface area (Å²) in [5, 5.41) is 33.5. The van der Waals surface area contributed by atoms with E-state index in [0.717, 1.165) is 16.5 Å². The summed E-state index contributed by atoms with van der Waals surface area (Å²) in [6.07, 6.45) is 2.62. The number of carbonyl (C=O) groups excluding carboxylic acids is 3. The summed E-state index contributed by atoms with van der Waals surface area (Å²) in [7, 11) is 0. The Morgan fingerprint density at radius 1 is 0.455 bits per heavy atom. The van der Waals surface area contributed by atoms with Crippen LogP contribution in [0.5, 0.6) is 0 Å². The molecule has 0 spiro atoms. The Kier molecular flexibility index (Phi) is 18.9. The van der Waals surface area contributed by atoms with Crippen molar-refractivity contribution in [3.8, 4) is 0 Å². The van der Waals surface area contributed by atoms with Crippen molar-refractivity contribution in [2.24, 2.45) is 32.9 Å². The van der Waals surface area contributed by atoms with E-state index in [1.807, 2.05) is 74.5 Å². The number of halogens is 4. The Bertz CT molecular complexity index is 3640. The third kappa shape index (κ3) is 14.5. The number of carbonyl (C=O) groups is 3. The maximum atomic E-state index is 12.7. The Balaban J connectivity index is 0.000000169. The molecule has 392 valence electrons. The second-order valence-corrected chi connectivity index (χ2v) is 18.7. The van der Waals surface area contributed by atoms with Gasteiger partial charge in [-0.1, -0.05) is 156 Å². The zero-order chi connectivity index (χ0) is 55.3. The van der Waals surface area contributed by atoms with E-state index < -0.39 is 18.2 Å². The molecule has 3 heterocycles. The second-order valence-electron chi connectivity index (χ2n) is 17.1. The number of nitrogens with one attached hydrogen (secondary N) is 3. The summed E-state index contributed by atoms with van der Waals surface area (Å²) >= 11 is 24.6. The van der Waals surface area contributed by atoms with E-state index in [1.54, 1.807) is 78.9 Å². The predicted octanol–water partition coefficient (Wildman–Crippen LogP) is 9.89. The smallest absolute Gasteiger partial charge is 0.251 e. The normalized spacial score (nSPS) is 12.0. The van der Waals surface area contributed by atoms with E-state index in [-0.39, 0.29) is 47.2 Å². The molecule has 13 N–H and O–H groups in total. The van der Waals surface area contributed by atoms with Gasteiger partial charge in [-0.25, -0.2) is 15.0 Å². The van der Waals surface area contributed by atoms with Crippen LogP contribution in [0, 0.1) is 0 Å². The van der Waals surface area contributed by atoms with Gasteiger partial charge in [-0.15, -0.1) is 0 Å². The zero-order valence-corrected chi connectivity index (χ0v) is 44.1. The minimum Gasteiger partial charge on any atom is -0.370 e. The van der Waals surface area contributed by atoms with Crippen LogP contribution < -0.4 is 38.9 Å². The third-order valence-corrected chi connectivity index (χ3v) is 12.9. The van der Waals surface area contributed by atoms with Gasteiger partial charge >= 0.3 is 0 Å². The van der Waals surface area contributed by atoms with Crippen molar-refractivity contribution >= 4 is 120 Å². The first-order chi connectivity index (χ1) is 36.9. The van der Waals surface area contributed by atoms with Gasteiger partial charge in [0.15, 0.2) is 29.8 Å². The number of amides is 3. The lowest BCUT2D eigenvalue weighted by molar-refractivity contribution is -0.0661. The summed E-state index contributed by atoms with van der Waals surface area (Å²) in [5.41, 5.74) is 25.6. The molecule has 77 heavy (non-hydrogen) atoms. The average molecular weight is 1110 g/mol. The molecule has 0 fully saturated rings. The van der Waals surface area contributed by atoms with Gasteiger partial charge in [0, 0.05) is 67.6 Å². The highest BCUT2D eigenvalue weighted by Crippen LogP contribution is 2.33. The van der Waals surface area contributed by atoms with Crippen molar-refractivity contribution in [2.45, 2.75) is 38.3 Å². The predicted molar refractivity (Wildman–Crippen MR) is 306 cm³/mol. The number of nitrogens with zero attached hydrogens (tertiary/aromatic N) is 5. The molecule has 0 aliphatic rings. The number of hydrogen-bond donors (Lipinski definition) is 9. The van der Waals surface area contributed by atoms with Crippen molar-refractivity contribution in [1.29, 1.82) is 0 Å². The fourth-order valence-corrected chi connectivity index (χ4v) is 8.68. The highest BCUT2D eigenvalue weighted by molar-refractivity contribution is 6.39.